The monoisotopic (exact) mass is 284 g/mol. The van der Waals surface area contributed by atoms with E-state index in [1.807, 2.05) is 12.1 Å². The second kappa shape index (κ2) is 5.92. The summed E-state index contributed by atoms with van der Waals surface area (Å²) in [6.07, 6.45) is 6.73. The van der Waals surface area contributed by atoms with Gasteiger partial charge in [0.05, 0.1) is 4.88 Å². The average molecular weight is 284 g/mol. The summed E-state index contributed by atoms with van der Waals surface area (Å²) in [6.45, 7) is 2.08. The molecular weight excluding hydrogens is 264 g/mol. The van der Waals surface area contributed by atoms with Crippen molar-refractivity contribution in [3.63, 3.8) is 0 Å². The molecule has 1 nitrogen and oxygen atoms in total. The summed E-state index contributed by atoms with van der Waals surface area (Å²) in [4.78, 5) is 14.9. The van der Waals surface area contributed by atoms with Crippen LogP contribution in [0.2, 0.25) is 0 Å². The van der Waals surface area contributed by atoms with Crippen molar-refractivity contribution >= 4 is 17.1 Å². The first-order valence-corrected chi connectivity index (χ1v) is 8.25. The Kier molecular flexibility index (Phi) is 4.02. The largest absolute Gasteiger partial charge is 0.293 e. The highest BCUT2D eigenvalue weighted by Gasteiger charge is 2.17. The number of rotatable bonds is 3. The zero-order chi connectivity index (χ0) is 13.9. The molecule has 0 aliphatic heterocycles. The normalized spacial score (nSPS) is 14.7. The Morgan fingerprint density at radius 3 is 2.80 bits per heavy atom. The van der Waals surface area contributed by atoms with Gasteiger partial charge in [0.15, 0.2) is 5.78 Å². The maximum atomic E-state index is 12.5. The molecule has 0 unspecified atom stereocenters. The number of carbonyl (C=O) groups excluding carboxylic acids is 1. The molecule has 0 spiro atoms. The van der Waals surface area contributed by atoms with E-state index >= 15 is 0 Å². The SMILES string of the molecule is Cc1ccccc1CC(=O)c1cc2c(s1)CCCCC2. The van der Waals surface area contributed by atoms with Gasteiger partial charge in [0, 0.05) is 11.3 Å². The summed E-state index contributed by atoms with van der Waals surface area (Å²) in [6, 6.07) is 10.3. The number of carbonyl (C=O) groups is 1. The molecule has 1 aromatic carbocycles. The van der Waals surface area contributed by atoms with Crippen molar-refractivity contribution in [2.75, 3.05) is 0 Å². The Balaban J connectivity index is 1.79. The number of Topliss-reactive ketones (excluding diaryl/α,β-unsaturated/α-hetero) is 1. The Morgan fingerprint density at radius 2 is 1.95 bits per heavy atom. The smallest absolute Gasteiger partial charge is 0.177 e. The summed E-state index contributed by atoms with van der Waals surface area (Å²) in [7, 11) is 0. The van der Waals surface area contributed by atoms with E-state index in [1.54, 1.807) is 11.3 Å². The van der Waals surface area contributed by atoms with Crippen LogP contribution in [0.15, 0.2) is 30.3 Å². The summed E-state index contributed by atoms with van der Waals surface area (Å²) in [5, 5.41) is 0. The fourth-order valence-corrected chi connectivity index (χ4v) is 4.06. The Bertz CT molecular complexity index is 601. The molecule has 3 rings (SSSR count). The van der Waals surface area contributed by atoms with Gasteiger partial charge >= 0.3 is 0 Å². The molecule has 0 atom stereocenters. The molecule has 0 N–H and O–H groups in total. The molecule has 20 heavy (non-hydrogen) atoms. The van der Waals surface area contributed by atoms with Crippen LogP contribution < -0.4 is 0 Å². The van der Waals surface area contributed by atoms with Crippen molar-refractivity contribution in [1.29, 1.82) is 0 Å². The number of thiophene rings is 1. The van der Waals surface area contributed by atoms with Crippen LogP contribution in [-0.4, -0.2) is 5.78 Å². The van der Waals surface area contributed by atoms with Crippen LogP contribution in [0.1, 0.15) is 50.5 Å². The molecule has 0 radical (unpaired) electrons. The van der Waals surface area contributed by atoms with E-state index in [-0.39, 0.29) is 5.78 Å². The Morgan fingerprint density at radius 1 is 1.15 bits per heavy atom. The van der Waals surface area contributed by atoms with Gasteiger partial charge in [-0.15, -0.1) is 11.3 Å². The lowest BCUT2D eigenvalue weighted by Gasteiger charge is -2.03. The minimum absolute atomic E-state index is 0.275. The third kappa shape index (κ3) is 2.85. The van der Waals surface area contributed by atoms with Gasteiger partial charge in [0.25, 0.3) is 0 Å². The van der Waals surface area contributed by atoms with Gasteiger partial charge in [-0.1, -0.05) is 30.7 Å². The van der Waals surface area contributed by atoms with Crippen molar-refractivity contribution < 1.29 is 4.79 Å². The number of benzene rings is 1. The molecule has 0 saturated heterocycles. The number of ketones is 1. The first kappa shape index (κ1) is 13.6. The Labute approximate surface area is 124 Å². The second-order valence-electron chi connectivity index (χ2n) is 5.65. The van der Waals surface area contributed by atoms with E-state index in [0.29, 0.717) is 6.42 Å². The number of aryl methyl sites for hydroxylation is 3. The summed E-state index contributed by atoms with van der Waals surface area (Å²) in [5.74, 6) is 0.275. The highest BCUT2D eigenvalue weighted by Crippen LogP contribution is 2.29. The van der Waals surface area contributed by atoms with Gasteiger partial charge in [-0.05, 0) is 55.4 Å². The van der Waals surface area contributed by atoms with E-state index in [1.165, 1.54) is 35.3 Å². The van der Waals surface area contributed by atoms with Crippen molar-refractivity contribution in [2.24, 2.45) is 0 Å². The van der Waals surface area contributed by atoms with Crippen LogP contribution in [0, 0.1) is 6.92 Å². The van der Waals surface area contributed by atoms with Gasteiger partial charge in [-0.2, -0.15) is 0 Å². The number of hydrogen-bond donors (Lipinski definition) is 0. The standard InChI is InChI=1S/C18H20OS/c1-13-7-5-6-8-14(13)11-16(19)18-12-15-9-3-2-4-10-17(15)20-18/h5-8,12H,2-4,9-11H2,1H3. The maximum absolute atomic E-state index is 12.5. The van der Waals surface area contributed by atoms with Gasteiger partial charge in [-0.25, -0.2) is 0 Å². The number of fused-ring (bicyclic) bond motifs is 1. The number of hydrogen-bond acceptors (Lipinski definition) is 2. The van der Waals surface area contributed by atoms with E-state index in [9.17, 15) is 4.79 Å². The molecule has 1 heterocycles. The van der Waals surface area contributed by atoms with Crippen LogP contribution in [0.5, 0.6) is 0 Å². The van der Waals surface area contributed by atoms with Crippen LogP contribution in [0.3, 0.4) is 0 Å². The first-order valence-electron chi connectivity index (χ1n) is 7.43. The van der Waals surface area contributed by atoms with E-state index in [0.717, 1.165) is 23.3 Å². The molecule has 1 aliphatic rings. The average Bonchev–Trinajstić information content (AvgIpc) is 2.73. The quantitative estimate of drug-likeness (QED) is 0.587. The second-order valence-corrected chi connectivity index (χ2v) is 6.78. The third-order valence-electron chi connectivity index (χ3n) is 4.13. The maximum Gasteiger partial charge on any atom is 0.177 e. The van der Waals surface area contributed by atoms with Crippen LogP contribution >= 0.6 is 11.3 Å². The van der Waals surface area contributed by atoms with Crippen LogP contribution in [-0.2, 0) is 19.3 Å². The van der Waals surface area contributed by atoms with Gasteiger partial charge in [0.2, 0.25) is 0 Å². The lowest BCUT2D eigenvalue weighted by atomic mass is 10.0. The van der Waals surface area contributed by atoms with Gasteiger partial charge in [0.1, 0.15) is 0 Å². The zero-order valence-corrected chi connectivity index (χ0v) is 12.8. The highest BCUT2D eigenvalue weighted by atomic mass is 32.1. The molecule has 0 bridgehead atoms. The summed E-state index contributed by atoms with van der Waals surface area (Å²) in [5.41, 5.74) is 3.79. The third-order valence-corrected chi connectivity index (χ3v) is 5.41. The minimum Gasteiger partial charge on any atom is -0.293 e. The first-order chi connectivity index (χ1) is 9.74. The van der Waals surface area contributed by atoms with Crippen molar-refractivity contribution in [2.45, 2.75) is 45.4 Å². The predicted molar refractivity (Wildman–Crippen MR) is 84.8 cm³/mol. The van der Waals surface area contributed by atoms with Crippen molar-refractivity contribution in [1.82, 2.24) is 0 Å². The predicted octanol–water partition coefficient (Wildman–Crippen LogP) is 4.75. The molecule has 104 valence electrons. The molecular formula is C18H20OS. The Hall–Kier alpha value is -1.41. The summed E-state index contributed by atoms with van der Waals surface area (Å²) < 4.78 is 0. The molecule has 0 fully saturated rings. The molecule has 2 heteroatoms. The van der Waals surface area contributed by atoms with Crippen LogP contribution in [0.25, 0.3) is 0 Å². The fourth-order valence-electron chi connectivity index (χ4n) is 2.87. The molecule has 0 saturated carbocycles. The lowest BCUT2D eigenvalue weighted by molar-refractivity contribution is 0.0996. The molecule has 1 aliphatic carbocycles. The zero-order valence-electron chi connectivity index (χ0n) is 11.9. The van der Waals surface area contributed by atoms with Crippen LogP contribution in [0.4, 0.5) is 0 Å². The molecule has 0 amide bonds. The van der Waals surface area contributed by atoms with E-state index in [4.69, 9.17) is 0 Å². The van der Waals surface area contributed by atoms with Gasteiger partial charge in [-0.3, -0.25) is 4.79 Å². The minimum atomic E-state index is 0.275. The highest BCUT2D eigenvalue weighted by molar-refractivity contribution is 7.14. The van der Waals surface area contributed by atoms with E-state index < -0.39 is 0 Å². The topological polar surface area (TPSA) is 17.1 Å². The molecule has 2 aromatic rings. The van der Waals surface area contributed by atoms with Gasteiger partial charge < -0.3 is 0 Å². The summed E-state index contributed by atoms with van der Waals surface area (Å²) >= 11 is 1.73. The van der Waals surface area contributed by atoms with E-state index in [2.05, 4.69) is 25.1 Å². The van der Waals surface area contributed by atoms with Crippen molar-refractivity contribution in [3.05, 3.63) is 56.8 Å². The lowest BCUT2D eigenvalue weighted by Crippen LogP contribution is -2.02. The fraction of sp³-hybridized carbons (Fsp3) is 0.389. The van der Waals surface area contributed by atoms with Crippen molar-refractivity contribution in [3.8, 4) is 0 Å². The molecule has 1 aromatic heterocycles.